The van der Waals surface area contributed by atoms with Crippen LogP contribution in [-0.2, 0) is 18.4 Å². The van der Waals surface area contributed by atoms with Crippen LogP contribution in [0.1, 0.15) is 19.0 Å². The predicted molar refractivity (Wildman–Crippen MR) is 58.8 cm³/mol. The number of carboxylic acid groups (broad SMARTS) is 1. The van der Waals surface area contributed by atoms with Gasteiger partial charge in [-0.15, -0.1) is 0 Å². The van der Waals surface area contributed by atoms with Crippen LogP contribution >= 0.6 is 0 Å². The number of aromatic nitrogens is 2. The lowest BCUT2D eigenvalue weighted by Gasteiger charge is -2.19. The minimum atomic E-state index is -0.698. The molecular formula is C11H17N3O2. The monoisotopic (exact) mass is 223 g/mol. The highest BCUT2D eigenvalue weighted by atomic mass is 16.4. The van der Waals surface area contributed by atoms with Gasteiger partial charge in [-0.1, -0.05) is 0 Å². The van der Waals surface area contributed by atoms with Gasteiger partial charge in [-0.25, -0.2) is 0 Å². The molecule has 0 aromatic carbocycles. The Morgan fingerprint density at radius 1 is 1.69 bits per heavy atom. The zero-order chi connectivity index (χ0) is 11.8. The van der Waals surface area contributed by atoms with Crippen molar-refractivity contribution in [2.75, 3.05) is 13.1 Å². The fourth-order valence-corrected chi connectivity index (χ4v) is 2.14. The van der Waals surface area contributed by atoms with E-state index in [4.69, 9.17) is 5.11 Å². The van der Waals surface area contributed by atoms with Gasteiger partial charge in [-0.2, -0.15) is 5.10 Å². The number of nitrogens with zero attached hydrogens (tertiary/aromatic N) is 3. The van der Waals surface area contributed by atoms with Gasteiger partial charge in [0, 0.05) is 26.3 Å². The molecule has 2 heterocycles. The zero-order valence-corrected chi connectivity index (χ0v) is 9.68. The van der Waals surface area contributed by atoms with Crippen molar-refractivity contribution in [1.82, 2.24) is 14.7 Å². The largest absolute Gasteiger partial charge is 0.481 e. The Hall–Kier alpha value is -1.36. The normalized spacial score (nSPS) is 26.1. The Morgan fingerprint density at radius 3 is 2.94 bits per heavy atom. The molecule has 1 N–H and O–H groups in total. The molecule has 1 unspecified atom stereocenters. The first-order chi connectivity index (χ1) is 7.49. The number of carboxylic acids is 1. The van der Waals surface area contributed by atoms with Gasteiger partial charge in [0.05, 0.1) is 11.1 Å². The highest BCUT2D eigenvalue weighted by molar-refractivity contribution is 5.74. The molecule has 1 aliphatic rings. The number of hydrogen-bond acceptors (Lipinski definition) is 3. The number of aliphatic carboxylic acids is 1. The molecule has 2 rings (SSSR count). The Balaban J connectivity index is 1.97. The van der Waals surface area contributed by atoms with Gasteiger partial charge in [0.25, 0.3) is 0 Å². The van der Waals surface area contributed by atoms with E-state index in [9.17, 15) is 4.79 Å². The maximum atomic E-state index is 11.1. The molecule has 5 nitrogen and oxygen atoms in total. The third-order valence-corrected chi connectivity index (χ3v) is 3.22. The van der Waals surface area contributed by atoms with Crippen LogP contribution in [0.25, 0.3) is 0 Å². The topological polar surface area (TPSA) is 58.4 Å². The summed E-state index contributed by atoms with van der Waals surface area (Å²) in [6.07, 6.45) is 2.62. The summed E-state index contributed by atoms with van der Waals surface area (Å²) in [7, 11) is 1.88. The SMILES string of the molecule is Cn1ccc(CN2CCC(C)(C(=O)O)C2)n1. The summed E-state index contributed by atoms with van der Waals surface area (Å²) < 4.78 is 1.77. The van der Waals surface area contributed by atoms with Crippen molar-refractivity contribution in [1.29, 1.82) is 0 Å². The van der Waals surface area contributed by atoms with Crippen LogP contribution < -0.4 is 0 Å². The van der Waals surface area contributed by atoms with Crippen molar-refractivity contribution >= 4 is 5.97 Å². The van der Waals surface area contributed by atoms with Crippen molar-refractivity contribution in [2.45, 2.75) is 19.9 Å². The third-order valence-electron chi connectivity index (χ3n) is 3.22. The van der Waals surface area contributed by atoms with Crippen LogP contribution in [0.2, 0.25) is 0 Å². The van der Waals surface area contributed by atoms with Gasteiger partial charge in [0.1, 0.15) is 0 Å². The predicted octanol–water partition coefficient (Wildman–Crippen LogP) is 0.717. The van der Waals surface area contributed by atoms with E-state index in [1.54, 1.807) is 4.68 Å². The number of aryl methyl sites for hydroxylation is 1. The van der Waals surface area contributed by atoms with Crippen LogP contribution in [0.15, 0.2) is 12.3 Å². The van der Waals surface area contributed by atoms with Gasteiger partial charge in [-0.05, 0) is 26.0 Å². The molecule has 1 fully saturated rings. The van der Waals surface area contributed by atoms with Crippen LogP contribution in [0.3, 0.4) is 0 Å². The van der Waals surface area contributed by atoms with Crippen molar-refractivity contribution in [2.24, 2.45) is 12.5 Å². The zero-order valence-electron chi connectivity index (χ0n) is 9.68. The van der Waals surface area contributed by atoms with Crippen LogP contribution in [0.4, 0.5) is 0 Å². The summed E-state index contributed by atoms with van der Waals surface area (Å²) in [5, 5.41) is 13.4. The quantitative estimate of drug-likeness (QED) is 0.820. The molecule has 0 bridgehead atoms. The molecule has 1 aliphatic heterocycles. The van der Waals surface area contributed by atoms with Crippen molar-refractivity contribution < 1.29 is 9.90 Å². The number of carbonyl (C=O) groups is 1. The van der Waals surface area contributed by atoms with Crippen molar-refractivity contribution in [3.63, 3.8) is 0 Å². The van der Waals surface area contributed by atoms with E-state index in [2.05, 4.69) is 10.00 Å². The maximum absolute atomic E-state index is 11.1. The second-order valence-electron chi connectivity index (χ2n) is 4.81. The molecule has 0 radical (unpaired) electrons. The van der Waals surface area contributed by atoms with Gasteiger partial charge in [-0.3, -0.25) is 14.4 Å². The Kier molecular flexibility index (Phi) is 2.71. The molecule has 0 spiro atoms. The molecule has 1 saturated heterocycles. The lowest BCUT2D eigenvalue weighted by molar-refractivity contribution is -0.147. The fourth-order valence-electron chi connectivity index (χ4n) is 2.14. The molecule has 0 amide bonds. The molecule has 0 saturated carbocycles. The van der Waals surface area contributed by atoms with E-state index in [1.165, 1.54) is 0 Å². The maximum Gasteiger partial charge on any atom is 0.310 e. The highest BCUT2D eigenvalue weighted by Crippen LogP contribution is 2.30. The molecule has 1 aromatic rings. The van der Waals surface area contributed by atoms with E-state index < -0.39 is 11.4 Å². The van der Waals surface area contributed by atoms with Gasteiger partial charge >= 0.3 is 5.97 Å². The fraction of sp³-hybridized carbons (Fsp3) is 0.636. The summed E-state index contributed by atoms with van der Waals surface area (Å²) in [5.74, 6) is -0.698. The van der Waals surface area contributed by atoms with E-state index in [0.717, 1.165) is 25.2 Å². The molecule has 1 atom stereocenters. The second kappa shape index (κ2) is 3.90. The molecule has 88 valence electrons. The molecule has 16 heavy (non-hydrogen) atoms. The number of rotatable bonds is 3. The average Bonchev–Trinajstić information content (AvgIpc) is 2.75. The summed E-state index contributed by atoms with van der Waals surface area (Å²) in [6.45, 7) is 4.00. The minimum Gasteiger partial charge on any atom is -0.481 e. The summed E-state index contributed by atoms with van der Waals surface area (Å²) >= 11 is 0. The Morgan fingerprint density at radius 2 is 2.44 bits per heavy atom. The lowest BCUT2D eigenvalue weighted by atomic mass is 9.90. The first-order valence-electron chi connectivity index (χ1n) is 5.44. The molecule has 1 aromatic heterocycles. The van der Waals surface area contributed by atoms with E-state index in [0.29, 0.717) is 6.54 Å². The van der Waals surface area contributed by atoms with Gasteiger partial charge in [0.15, 0.2) is 0 Å². The smallest absolute Gasteiger partial charge is 0.310 e. The van der Waals surface area contributed by atoms with E-state index in [-0.39, 0.29) is 0 Å². The summed E-state index contributed by atoms with van der Waals surface area (Å²) in [4.78, 5) is 13.2. The van der Waals surface area contributed by atoms with Crippen molar-refractivity contribution in [3.8, 4) is 0 Å². The third kappa shape index (κ3) is 2.09. The molecular weight excluding hydrogens is 206 g/mol. The van der Waals surface area contributed by atoms with E-state index in [1.807, 2.05) is 26.2 Å². The molecule has 0 aliphatic carbocycles. The van der Waals surface area contributed by atoms with Gasteiger partial charge < -0.3 is 5.11 Å². The molecule has 5 heteroatoms. The van der Waals surface area contributed by atoms with E-state index >= 15 is 0 Å². The second-order valence-corrected chi connectivity index (χ2v) is 4.81. The van der Waals surface area contributed by atoms with Crippen LogP contribution in [0, 0.1) is 5.41 Å². The van der Waals surface area contributed by atoms with Crippen LogP contribution in [-0.4, -0.2) is 38.8 Å². The van der Waals surface area contributed by atoms with Crippen molar-refractivity contribution in [3.05, 3.63) is 18.0 Å². The Bertz CT molecular complexity index is 402. The summed E-state index contributed by atoms with van der Waals surface area (Å²) in [6, 6.07) is 1.97. The average molecular weight is 223 g/mol. The highest BCUT2D eigenvalue weighted by Gasteiger charge is 2.40. The first-order valence-corrected chi connectivity index (χ1v) is 5.44. The lowest BCUT2D eigenvalue weighted by Crippen LogP contribution is -2.31. The Labute approximate surface area is 94.7 Å². The van der Waals surface area contributed by atoms with Gasteiger partial charge in [0.2, 0.25) is 0 Å². The number of hydrogen-bond donors (Lipinski definition) is 1. The summed E-state index contributed by atoms with van der Waals surface area (Å²) in [5.41, 5.74) is 0.409. The standard InChI is InChI=1S/C11H17N3O2/c1-11(10(15)16)4-6-14(8-11)7-9-3-5-13(2)12-9/h3,5H,4,6-8H2,1-2H3,(H,15,16). The number of likely N-dealkylation sites (tertiary alicyclic amines) is 1. The van der Waals surface area contributed by atoms with Crippen LogP contribution in [0.5, 0.6) is 0 Å². The first kappa shape index (κ1) is 11.1. The minimum absolute atomic E-state index is 0.589.